The van der Waals surface area contributed by atoms with E-state index in [1.807, 2.05) is 4.90 Å². The summed E-state index contributed by atoms with van der Waals surface area (Å²) in [5.74, 6) is -0.842. The van der Waals surface area contributed by atoms with Crippen LogP contribution in [0.2, 0.25) is 0 Å². The molecule has 124 valence electrons. The molecule has 5 heteroatoms. The van der Waals surface area contributed by atoms with Gasteiger partial charge in [0.15, 0.2) is 0 Å². The van der Waals surface area contributed by atoms with Crippen molar-refractivity contribution >= 4 is 17.5 Å². The molecule has 2 aromatic carbocycles. The zero-order chi connectivity index (χ0) is 17.1. The summed E-state index contributed by atoms with van der Waals surface area (Å²) in [6.07, 6.45) is 2.06. The van der Waals surface area contributed by atoms with Gasteiger partial charge in [-0.05, 0) is 55.7 Å². The predicted molar refractivity (Wildman–Crippen MR) is 90.7 cm³/mol. The van der Waals surface area contributed by atoms with Crippen molar-refractivity contribution in [2.45, 2.75) is 19.8 Å². The molecule has 2 aromatic rings. The van der Waals surface area contributed by atoms with E-state index in [1.54, 1.807) is 43.3 Å². The first-order chi connectivity index (χ1) is 11.5. The summed E-state index contributed by atoms with van der Waals surface area (Å²) in [6, 6.07) is 11.2. The smallest absolute Gasteiger partial charge is 0.255 e. The summed E-state index contributed by atoms with van der Waals surface area (Å²) in [5, 5.41) is 2.71. The first kappa shape index (κ1) is 16.2. The third kappa shape index (κ3) is 3.45. The summed E-state index contributed by atoms with van der Waals surface area (Å²) in [6.45, 7) is 3.20. The highest BCUT2D eigenvalue weighted by Crippen LogP contribution is 2.17. The Kier molecular flexibility index (Phi) is 4.60. The molecule has 1 saturated heterocycles. The molecule has 4 nitrogen and oxygen atoms in total. The SMILES string of the molecule is Cc1ccc(C(=O)Nc2cccc(C(=O)N3CCCC3)c2)cc1F. The van der Waals surface area contributed by atoms with E-state index in [0.717, 1.165) is 25.9 Å². The number of hydrogen-bond acceptors (Lipinski definition) is 2. The van der Waals surface area contributed by atoms with Crippen LogP contribution in [0.4, 0.5) is 10.1 Å². The average Bonchev–Trinajstić information content (AvgIpc) is 3.11. The van der Waals surface area contributed by atoms with Gasteiger partial charge in [0.05, 0.1) is 0 Å². The van der Waals surface area contributed by atoms with Crippen molar-refractivity contribution in [3.05, 3.63) is 65.0 Å². The molecule has 2 amide bonds. The van der Waals surface area contributed by atoms with Gasteiger partial charge < -0.3 is 10.2 Å². The van der Waals surface area contributed by atoms with Gasteiger partial charge in [0.25, 0.3) is 11.8 Å². The number of likely N-dealkylation sites (tertiary alicyclic amines) is 1. The Morgan fingerprint density at radius 3 is 2.50 bits per heavy atom. The zero-order valence-electron chi connectivity index (χ0n) is 13.5. The lowest BCUT2D eigenvalue weighted by atomic mass is 10.1. The van der Waals surface area contributed by atoms with Crippen molar-refractivity contribution < 1.29 is 14.0 Å². The number of hydrogen-bond donors (Lipinski definition) is 1. The minimum atomic E-state index is -0.416. The summed E-state index contributed by atoms with van der Waals surface area (Å²) >= 11 is 0. The summed E-state index contributed by atoms with van der Waals surface area (Å²) in [5.41, 5.74) is 1.80. The van der Waals surface area contributed by atoms with Gasteiger partial charge in [0.2, 0.25) is 0 Å². The highest BCUT2D eigenvalue weighted by molar-refractivity contribution is 6.05. The Balaban J connectivity index is 1.75. The predicted octanol–water partition coefficient (Wildman–Crippen LogP) is 3.62. The molecule has 0 unspecified atom stereocenters. The van der Waals surface area contributed by atoms with E-state index in [2.05, 4.69) is 5.32 Å². The number of nitrogens with one attached hydrogen (secondary N) is 1. The van der Waals surface area contributed by atoms with E-state index < -0.39 is 11.7 Å². The lowest BCUT2D eigenvalue weighted by Crippen LogP contribution is -2.27. The van der Waals surface area contributed by atoms with Crippen LogP contribution >= 0.6 is 0 Å². The van der Waals surface area contributed by atoms with Gasteiger partial charge in [-0.2, -0.15) is 0 Å². The van der Waals surface area contributed by atoms with Gasteiger partial charge in [-0.1, -0.05) is 12.1 Å². The molecule has 0 aromatic heterocycles. The first-order valence-corrected chi connectivity index (χ1v) is 8.01. The van der Waals surface area contributed by atoms with Gasteiger partial charge in [-0.15, -0.1) is 0 Å². The van der Waals surface area contributed by atoms with Crippen LogP contribution < -0.4 is 5.32 Å². The molecule has 0 aliphatic carbocycles. The van der Waals surface area contributed by atoms with Crippen LogP contribution in [0.5, 0.6) is 0 Å². The third-order valence-electron chi connectivity index (χ3n) is 4.19. The topological polar surface area (TPSA) is 49.4 Å². The minimum absolute atomic E-state index is 0.0232. The Hall–Kier alpha value is -2.69. The molecule has 0 radical (unpaired) electrons. The van der Waals surface area contributed by atoms with Crippen LogP contribution in [0.1, 0.15) is 39.1 Å². The van der Waals surface area contributed by atoms with Crippen molar-refractivity contribution in [1.29, 1.82) is 0 Å². The molecule has 3 rings (SSSR count). The van der Waals surface area contributed by atoms with Gasteiger partial charge in [0.1, 0.15) is 5.82 Å². The monoisotopic (exact) mass is 326 g/mol. The Bertz CT molecular complexity index is 783. The van der Waals surface area contributed by atoms with Crippen molar-refractivity contribution in [1.82, 2.24) is 4.90 Å². The number of carbonyl (C=O) groups excluding carboxylic acids is 2. The molecule has 1 heterocycles. The van der Waals surface area contributed by atoms with E-state index in [0.29, 0.717) is 16.8 Å². The van der Waals surface area contributed by atoms with E-state index in [9.17, 15) is 14.0 Å². The fourth-order valence-corrected chi connectivity index (χ4v) is 2.77. The van der Waals surface area contributed by atoms with Crippen LogP contribution in [-0.4, -0.2) is 29.8 Å². The van der Waals surface area contributed by atoms with Gasteiger partial charge in [-0.3, -0.25) is 9.59 Å². The number of carbonyl (C=O) groups is 2. The molecule has 0 spiro atoms. The van der Waals surface area contributed by atoms with Gasteiger partial charge in [-0.25, -0.2) is 4.39 Å². The number of benzene rings is 2. The number of nitrogens with zero attached hydrogens (tertiary/aromatic N) is 1. The second kappa shape index (κ2) is 6.83. The molecule has 24 heavy (non-hydrogen) atoms. The second-order valence-electron chi connectivity index (χ2n) is 6.00. The van der Waals surface area contributed by atoms with Crippen LogP contribution in [0.25, 0.3) is 0 Å². The Labute approximate surface area is 140 Å². The molecular weight excluding hydrogens is 307 g/mol. The number of amides is 2. The summed E-state index contributed by atoms with van der Waals surface area (Å²) in [4.78, 5) is 26.5. The lowest BCUT2D eigenvalue weighted by Gasteiger charge is -2.15. The number of halogens is 1. The van der Waals surface area contributed by atoms with Crippen LogP contribution in [0.15, 0.2) is 42.5 Å². The Morgan fingerprint density at radius 1 is 1.04 bits per heavy atom. The summed E-state index contributed by atoms with van der Waals surface area (Å²) < 4.78 is 13.6. The number of rotatable bonds is 3. The normalized spacial score (nSPS) is 13.8. The molecule has 1 fully saturated rings. The van der Waals surface area contributed by atoms with Crippen molar-refractivity contribution in [3.8, 4) is 0 Å². The molecular formula is C19H19FN2O2. The van der Waals surface area contributed by atoms with Crippen molar-refractivity contribution in [2.75, 3.05) is 18.4 Å². The molecule has 1 aliphatic heterocycles. The van der Waals surface area contributed by atoms with E-state index >= 15 is 0 Å². The van der Waals surface area contributed by atoms with E-state index in [4.69, 9.17) is 0 Å². The fraction of sp³-hybridized carbons (Fsp3) is 0.263. The quantitative estimate of drug-likeness (QED) is 0.936. The third-order valence-corrected chi connectivity index (χ3v) is 4.19. The number of anilines is 1. The largest absolute Gasteiger partial charge is 0.339 e. The fourth-order valence-electron chi connectivity index (χ4n) is 2.77. The van der Waals surface area contributed by atoms with Crippen molar-refractivity contribution in [2.24, 2.45) is 0 Å². The van der Waals surface area contributed by atoms with Crippen LogP contribution in [0.3, 0.4) is 0 Å². The molecule has 0 bridgehead atoms. The summed E-state index contributed by atoms with van der Waals surface area (Å²) in [7, 11) is 0. The van der Waals surface area contributed by atoms with E-state index in [-0.39, 0.29) is 11.5 Å². The second-order valence-corrected chi connectivity index (χ2v) is 6.00. The maximum Gasteiger partial charge on any atom is 0.255 e. The first-order valence-electron chi connectivity index (χ1n) is 8.01. The van der Waals surface area contributed by atoms with Crippen molar-refractivity contribution in [3.63, 3.8) is 0 Å². The maximum absolute atomic E-state index is 13.6. The molecule has 1 aliphatic rings. The standard InChI is InChI=1S/C19H19FN2O2/c1-13-7-8-14(12-17(13)20)18(23)21-16-6-4-5-15(11-16)19(24)22-9-2-3-10-22/h4-8,11-12H,2-3,9-10H2,1H3,(H,21,23). The van der Waals surface area contributed by atoms with Crippen LogP contribution in [0, 0.1) is 12.7 Å². The Morgan fingerprint density at radius 2 is 1.79 bits per heavy atom. The minimum Gasteiger partial charge on any atom is -0.339 e. The highest BCUT2D eigenvalue weighted by Gasteiger charge is 2.19. The highest BCUT2D eigenvalue weighted by atomic mass is 19.1. The van der Waals surface area contributed by atoms with E-state index in [1.165, 1.54) is 6.07 Å². The van der Waals surface area contributed by atoms with Gasteiger partial charge >= 0.3 is 0 Å². The molecule has 1 N–H and O–H groups in total. The number of aryl methyl sites for hydroxylation is 1. The lowest BCUT2D eigenvalue weighted by molar-refractivity contribution is 0.0792. The molecule has 0 saturated carbocycles. The van der Waals surface area contributed by atoms with Crippen LogP contribution in [-0.2, 0) is 0 Å². The average molecular weight is 326 g/mol. The maximum atomic E-state index is 13.6. The molecule has 0 atom stereocenters. The zero-order valence-corrected chi connectivity index (χ0v) is 13.5. The van der Waals surface area contributed by atoms with Gasteiger partial charge in [0, 0.05) is 29.9 Å².